The maximum absolute atomic E-state index is 5.13. The third-order valence-electron chi connectivity index (χ3n) is 2.34. The molecule has 11 heavy (non-hydrogen) atoms. The molecule has 66 valence electrons. The van der Waals surface area contributed by atoms with Crippen molar-refractivity contribution in [3.05, 3.63) is 0 Å². The van der Waals surface area contributed by atoms with E-state index in [4.69, 9.17) is 4.74 Å². The van der Waals surface area contributed by atoms with Gasteiger partial charge in [-0.3, -0.25) is 4.90 Å². The van der Waals surface area contributed by atoms with Crippen molar-refractivity contribution in [2.24, 2.45) is 0 Å². The molecule has 1 rings (SSSR count). The van der Waals surface area contributed by atoms with Crippen molar-refractivity contribution in [1.82, 2.24) is 9.80 Å². The van der Waals surface area contributed by atoms with Crippen LogP contribution in [0.5, 0.6) is 0 Å². The molecule has 0 aromatic carbocycles. The molecule has 1 aliphatic rings. The minimum atomic E-state index is 0.582. The number of ether oxygens (including phenoxy) is 1. The van der Waals surface area contributed by atoms with Crippen molar-refractivity contribution in [2.45, 2.75) is 6.04 Å². The Hall–Kier alpha value is -0.120. The zero-order valence-electron chi connectivity index (χ0n) is 7.71. The molecule has 0 bridgehead atoms. The van der Waals surface area contributed by atoms with Crippen LogP contribution in [0.25, 0.3) is 0 Å². The molecule has 0 amide bonds. The third kappa shape index (κ3) is 2.43. The number of rotatable bonds is 2. The monoisotopic (exact) mass is 158 g/mol. The molecule has 1 atom stereocenters. The van der Waals surface area contributed by atoms with Crippen LogP contribution in [0.1, 0.15) is 0 Å². The molecule has 0 aliphatic carbocycles. The first-order valence-electron chi connectivity index (χ1n) is 4.11. The Labute approximate surface area is 68.9 Å². The predicted octanol–water partition coefficient (Wildman–Crippen LogP) is -0.121. The molecular formula is C8H18N2O. The summed E-state index contributed by atoms with van der Waals surface area (Å²) in [5.74, 6) is 0. The number of hydrogen-bond acceptors (Lipinski definition) is 3. The summed E-state index contributed by atoms with van der Waals surface area (Å²) in [6, 6.07) is 0.582. The van der Waals surface area contributed by atoms with E-state index in [0.29, 0.717) is 6.04 Å². The van der Waals surface area contributed by atoms with Crippen LogP contribution in [0.15, 0.2) is 0 Å². The van der Waals surface area contributed by atoms with Gasteiger partial charge in [0.2, 0.25) is 0 Å². The Bertz CT molecular complexity index is 119. The Morgan fingerprint density at radius 2 is 2.09 bits per heavy atom. The van der Waals surface area contributed by atoms with Crippen LogP contribution in [0, 0.1) is 0 Å². The fraction of sp³-hybridized carbons (Fsp3) is 1.00. The minimum absolute atomic E-state index is 0.582. The number of hydrogen-bond donors (Lipinski definition) is 0. The molecule has 1 unspecified atom stereocenters. The number of nitrogens with zero attached hydrogens (tertiary/aromatic N) is 2. The van der Waals surface area contributed by atoms with Gasteiger partial charge >= 0.3 is 0 Å². The highest BCUT2D eigenvalue weighted by atomic mass is 16.5. The molecule has 0 aromatic heterocycles. The highest BCUT2D eigenvalue weighted by Gasteiger charge is 2.21. The highest BCUT2D eigenvalue weighted by molar-refractivity contribution is 4.77. The van der Waals surface area contributed by atoms with Gasteiger partial charge in [-0.25, -0.2) is 0 Å². The lowest BCUT2D eigenvalue weighted by atomic mass is 10.2. The summed E-state index contributed by atoms with van der Waals surface area (Å²) in [6.45, 7) is 4.31. The summed E-state index contributed by atoms with van der Waals surface area (Å²) in [5.41, 5.74) is 0. The van der Waals surface area contributed by atoms with E-state index in [0.717, 1.165) is 19.7 Å². The lowest BCUT2D eigenvalue weighted by molar-refractivity contribution is 0.0504. The number of piperazine rings is 1. The van der Waals surface area contributed by atoms with Gasteiger partial charge < -0.3 is 9.64 Å². The van der Waals surface area contributed by atoms with E-state index in [9.17, 15) is 0 Å². The largest absolute Gasteiger partial charge is 0.383 e. The summed E-state index contributed by atoms with van der Waals surface area (Å²) in [4.78, 5) is 4.72. The maximum atomic E-state index is 5.13. The zero-order chi connectivity index (χ0) is 8.27. The molecule has 0 spiro atoms. The predicted molar refractivity (Wildman–Crippen MR) is 45.8 cm³/mol. The van der Waals surface area contributed by atoms with Crippen LogP contribution in [-0.4, -0.2) is 63.3 Å². The fourth-order valence-corrected chi connectivity index (χ4v) is 1.47. The van der Waals surface area contributed by atoms with Crippen molar-refractivity contribution < 1.29 is 4.74 Å². The van der Waals surface area contributed by atoms with E-state index in [1.54, 1.807) is 7.11 Å². The van der Waals surface area contributed by atoms with Gasteiger partial charge in [0.25, 0.3) is 0 Å². The molecule has 0 N–H and O–H groups in total. The Morgan fingerprint density at radius 1 is 1.36 bits per heavy atom. The first-order chi connectivity index (χ1) is 5.24. The molecule has 0 aromatic rings. The van der Waals surface area contributed by atoms with Gasteiger partial charge in [0.1, 0.15) is 0 Å². The highest BCUT2D eigenvalue weighted by Crippen LogP contribution is 2.05. The van der Waals surface area contributed by atoms with Crippen molar-refractivity contribution in [1.29, 1.82) is 0 Å². The lowest BCUT2D eigenvalue weighted by Crippen LogP contribution is -2.51. The van der Waals surface area contributed by atoms with Gasteiger partial charge in [0.05, 0.1) is 6.61 Å². The maximum Gasteiger partial charge on any atom is 0.0630 e. The summed E-state index contributed by atoms with van der Waals surface area (Å²) in [6.07, 6.45) is 0. The number of likely N-dealkylation sites (N-methyl/N-ethyl adjacent to an activating group) is 2. The Morgan fingerprint density at radius 3 is 2.73 bits per heavy atom. The van der Waals surface area contributed by atoms with Crippen LogP contribution < -0.4 is 0 Å². The molecule has 1 saturated heterocycles. The van der Waals surface area contributed by atoms with Gasteiger partial charge in [-0.05, 0) is 14.1 Å². The van der Waals surface area contributed by atoms with Crippen LogP contribution in [0.2, 0.25) is 0 Å². The normalized spacial score (nSPS) is 29.2. The van der Waals surface area contributed by atoms with Gasteiger partial charge in [-0.1, -0.05) is 0 Å². The van der Waals surface area contributed by atoms with E-state index in [1.807, 2.05) is 0 Å². The quantitative estimate of drug-likeness (QED) is 0.557. The summed E-state index contributed by atoms with van der Waals surface area (Å²) >= 11 is 0. The first-order valence-corrected chi connectivity index (χ1v) is 4.11. The molecule has 0 saturated carbocycles. The summed E-state index contributed by atoms with van der Waals surface area (Å²) < 4.78 is 5.13. The molecule has 0 radical (unpaired) electrons. The van der Waals surface area contributed by atoms with Crippen LogP contribution in [-0.2, 0) is 4.74 Å². The smallest absolute Gasteiger partial charge is 0.0630 e. The van der Waals surface area contributed by atoms with Gasteiger partial charge in [0, 0.05) is 32.8 Å². The average Bonchev–Trinajstić information content (AvgIpc) is 1.98. The molecule has 3 nitrogen and oxygen atoms in total. The number of methoxy groups -OCH3 is 1. The van der Waals surface area contributed by atoms with E-state index >= 15 is 0 Å². The van der Waals surface area contributed by atoms with Gasteiger partial charge in [0.15, 0.2) is 0 Å². The summed E-state index contributed by atoms with van der Waals surface area (Å²) in [7, 11) is 6.09. The lowest BCUT2D eigenvalue weighted by Gasteiger charge is -2.37. The second-order valence-electron chi connectivity index (χ2n) is 3.35. The molecule has 3 heteroatoms. The van der Waals surface area contributed by atoms with Gasteiger partial charge in [-0.15, -0.1) is 0 Å². The third-order valence-corrected chi connectivity index (χ3v) is 2.34. The average molecular weight is 158 g/mol. The van der Waals surface area contributed by atoms with Crippen LogP contribution in [0.3, 0.4) is 0 Å². The van der Waals surface area contributed by atoms with Gasteiger partial charge in [-0.2, -0.15) is 0 Å². The second kappa shape index (κ2) is 4.04. The molecule has 1 aliphatic heterocycles. The first kappa shape index (κ1) is 8.97. The Balaban J connectivity index is 2.34. The molecule has 1 heterocycles. The second-order valence-corrected chi connectivity index (χ2v) is 3.35. The van der Waals surface area contributed by atoms with Crippen LogP contribution >= 0.6 is 0 Å². The van der Waals surface area contributed by atoms with E-state index in [-0.39, 0.29) is 0 Å². The van der Waals surface area contributed by atoms with Crippen molar-refractivity contribution in [3.8, 4) is 0 Å². The fourth-order valence-electron chi connectivity index (χ4n) is 1.47. The van der Waals surface area contributed by atoms with E-state index in [2.05, 4.69) is 23.9 Å². The SMILES string of the molecule is COCC1CN(C)CCN1C. The van der Waals surface area contributed by atoms with E-state index in [1.165, 1.54) is 6.54 Å². The van der Waals surface area contributed by atoms with Crippen molar-refractivity contribution >= 4 is 0 Å². The van der Waals surface area contributed by atoms with E-state index < -0.39 is 0 Å². The zero-order valence-corrected chi connectivity index (χ0v) is 7.71. The van der Waals surface area contributed by atoms with Crippen molar-refractivity contribution in [3.63, 3.8) is 0 Å². The Kier molecular flexibility index (Phi) is 3.30. The van der Waals surface area contributed by atoms with Crippen LogP contribution in [0.4, 0.5) is 0 Å². The standard InChI is InChI=1S/C8H18N2O/c1-9-4-5-10(2)8(6-9)7-11-3/h8H,4-7H2,1-3H3. The minimum Gasteiger partial charge on any atom is -0.383 e. The molecular weight excluding hydrogens is 140 g/mol. The molecule has 1 fully saturated rings. The topological polar surface area (TPSA) is 15.7 Å². The summed E-state index contributed by atoms with van der Waals surface area (Å²) in [5, 5.41) is 0. The van der Waals surface area contributed by atoms with Crippen molar-refractivity contribution in [2.75, 3.05) is 47.4 Å².